The fraction of sp³-hybridized carbons (Fsp3) is 0.727. The summed E-state index contributed by atoms with van der Waals surface area (Å²) >= 11 is 0. The van der Waals surface area contributed by atoms with Crippen molar-refractivity contribution in [1.82, 2.24) is 0 Å². The molecule has 0 aliphatic heterocycles. The molecule has 0 aromatic heterocycles. The zero-order chi connectivity index (χ0) is 14.6. The van der Waals surface area contributed by atoms with Crippen molar-refractivity contribution in [2.24, 2.45) is 5.92 Å². The second-order valence-electron chi connectivity index (χ2n) is 4.20. The van der Waals surface area contributed by atoms with Gasteiger partial charge in [-0.1, -0.05) is 108 Å². The molecule has 0 aliphatic carbocycles. The molecule has 0 bridgehead atoms. The van der Waals surface area contributed by atoms with Gasteiger partial charge in [0.05, 0.1) is 0 Å². The molecule has 140 valence electrons. The van der Waals surface area contributed by atoms with Crippen molar-refractivity contribution in [2.45, 2.75) is 103 Å². The van der Waals surface area contributed by atoms with Gasteiger partial charge in [0.15, 0.2) is 0 Å². The summed E-state index contributed by atoms with van der Waals surface area (Å²) in [7, 11) is 0. The lowest BCUT2D eigenvalue weighted by Crippen LogP contribution is -1.80. The summed E-state index contributed by atoms with van der Waals surface area (Å²) in [5.74, 6) is 0.699. The molecule has 0 radical (unpaired) electrons. The van der Waals surface area contributed by atoms with Crippen LogP contribution >= 0.6 is 0 Å². The van der Waals surface area contributed by atoms with Crippen LogP contribution in [0, 0.1) is 5.92 Å². The van der Waals surface area contributed by atoms with Crippen molar-refractivity contribution in [3.63, 3.8) is 0 Å². The minimum Gasteiger partial charge on any atom is -0.103 e. The fourth-order valence-electron chi connectivity index (χ4n) is 0.833. The van der Waals surface area contributed by atoms with E-state index in [4.69, 9.17) is 0 Å². The third kappa shape index (κ3) is 75.1. The van der Waals surface area contributed by atoms with Crippen LogP contribution in [0.5, 0.6) is 0 Å². The van der Waals surface area contributed by atoms with Crippen LogP contribution in [0.25, 0.3) is 0 Å². The number of rotatable bonds is 6. The first-order chi connectivity index (χ1) is 8.64. The first-order valence-corrected chi connectivity index (χ1v) is 7.56. The van der Waals surface area contributed by atoms with Crippen molar-refractivity contribution in [3.05, 3.63) is 37.0 Å². The molecule has 0 spiro atoms. The fourth-order valence-corrected chi connectivity index (χ4v) is 0.833. The van der Waals surface area contributed by atoms with Crippen molar-refractivity contribution in [1.29, 1.82) is 0 Å². The SMILES string of the molecule is C.C.C.C.C=CC(C)CC.CC/C=C/CC.CC/C=C\CC. The van der Waals surface area contributed by atoms with Crippen LogP contribution in [0.3, 0.4) is 0 Å². The maximum absolute atomic E-state index is 3.63. The molecule has 0 N–H and O–H groups in total. The van der Waals surface area contributed by atoms with E-state index in [1.807, 2.05) is 6.08 Å². The Morgan fingerprint density at radius 3 is 0.909 bits per heavy atom. The first-order valence-electron chi connectivity index (χ1n) is 7.56. The van der Waals surface area contributed by atoms with Gasteiger partial charge in [0, 0.05) is 0 Å². The van der Waals surface area contributed by atoms with Gasteiger partial charge in [-0.05, 0) is 31.6 Å². The highest BCUT2D eigenvalue weighted by Gasteiger charge is 1.84. The third-order valence-corrected chi connectivity index (χ3v) is 2.32. The van der Waals surface area contributed by atoms with E-state index in [1.165, 1.54) is 32.1 Å². The molecule has 0 aromatic rings. The van der Waals surface area contributed by atoms with Crippen molar-refractivity contribution < 1.29 is 0 Å². The van der Waals surface area contributed by atoms with Crippen LogP contribution in [-0.2, 0) is 0 Å². The van der Waals surface area contributed by atoms with E-state index in [0.717, 1.165) is 0 Å². The molecular formula is C22H52. The quantitative estimate of drug-likeness (QED) is 0.428. The Hall–Kier alpha value is -0.780. The molecular weight excluding hydrogens is 264 g/mol. The average molecular weight is 317 g/mol. The van der Waals surface area contributed by atoms with Gasteiger partial charge in [-0.15, -0.1) is 6.58 Å². The van der Waals surface area contributed by atoms with Crippen molar-refractivity contribution in [2.75, 3.05) is 0 Å². The largest absolute Gasteiger partial charge is 0.103 e. The van der Waals surface area contributed by atoms with E-state index in [0.29, 0.717) is 5.92 Å². The Labute approximate surface area is 146 Å². The molecule has 0 saturated heterocycles. The Kier molecular flexibility index (Phi) is 97.6. The minimum absolute atomic E-state index is 0. The monoisotopic (exact) mass is 316 g/mol. The first kappa shape index (κ1) is 42.9. The summed E-state index contributed by atoms with van der Waals surface area (Å²) < 4.78 is 0. The predicted octanol–water partition coefficient (Wildman–Crippen LogP) is 9.49. The van der Waals surface area contributed by atoms with Gasteiger partial charge in [-0.2, -0.15) is 0 Å². The Morgan fingerprint density at radius 1 is 0.636 bits per heavy atom. The second-order valence-corrected chi connectivity index (χ2v) is 4.20. The van der Waals surface area contributed by atoms with E-state index in [1.54, 1.807) is 0 Å². The summed E-state index contributed by atoms with van der Waals surface area (Å²) in [6.45, 7) is 16.5. The van der Waals surface area contributed by atoms with Crippen LogP contribution < -0.4 is 0 Å². The summed E-state index contributed by atoms with van der Waals surface area (Å²) in [4.78, 5) is 0. The van der Waals surface area contributed by atoms with Gasteiger partial charge in [0.2, 0.25) is 0 Å². The molecule has 0 nitrogen and oxygen atoms in total. The third-order valence-electron chi connectivity index (χ3n) is 2.32. The lowest BCUT2D eigenvalue weighted by Gasteiger charge is -1.93. The van der Waals surface area contributed by atoms with Gasteiger partial charge >= 0.3 is 0 Å². The van der Waals surface area contributed by atoms with Crippen LogP contribution in [0.1, 0.15) is 103 Å². The topological polar surface area (TPSA) is 0 Å². The van der Waals surface area contributed by atoms with Gasteiger partial charge in [-0.3, -0.25) is 0 Å². The molecule has 0 saturated carbocycles. The lowest BCUT2D eigenvalue weighted by atomic mass is 10.1. The van der Waals surface area contributed by atoms with E-state index < -0.39 is 0 Å². The summed E-state index contributed by atoms with van der Waals surface area (Å²) in [6, 6.07) is 0. The van der Waals surface area contributed by atoms with Crippen molar-refractivity contribution in [3.8, 4) is 0 Å². The molecule has 0 aromatic carbocycles. The summed E-state index contributed by atoms with van der Waals surface area (Å²) in [6.07, 6.45) is 16.6. The molecule has 0 heterocycles. The Balaban J connectivity index is -0.0000000281. The van der Waals surface area contributed by atoms with Gasteiger partial charge in [0.25, 0.3) is 0 Å². The smallest absolute Gasteiger partial charge is 0.0267 e. The molecule has 1 unspecified atom stereocenters. The second kappa shape index (κ2) is 50.0. The standard InChI is InChI=1S/3C6H12.4CH4/c1-4-6(3)5-2;2*1-3-5-6-4-2;;;;/h4,6H,1,5H2,2-3H3;2*5-6H,3-4H2,1-2H3;4*1H4/b;6-5+;6-5-;;;;. The van der Waals surface area contributed by atoms with Crippen LogP contribution in [0.4, 0.5) is 0 Å². The maximum atomic E-state index is 3.63. The lowest BCUT2D eigenvalue weighted by molar-refractivity contribution is 0.700. The van der Waals surface area contributed by atoms with Crippen LogP contribution in [-0.4, -0.2) is 0 Å². The van der Waals surface area contributed by atoms with E-state index in [2.05, 4.69) is 72.4 Å². The van der Waals surface area contributed by atoms with E-state index >= 15 is 0 Å². The minimum atomic E-state index is 0. The Bertz CT molecular complexity index is 148. The molecule has 22 heavy (non-hydrogen) atoms. The zero-order valence-electron chi connectivity index (χ0n) is 13.7. The average Bonchev–Trinajstić information content (AvgIpc) is 2.43. The van der Waals surface area contributed by atoms with Gasteiger partial charge in [-0.25, -0.2) is 0 Å². The normalized spacial score (nSPS) is 9.36. The zero-order valence-corrected chi connectivity index (χ0v) is 13.7. The van der Waals surface area contributed by atoms with E-state index in [9.17, 15) is 0 Å². The molecule has 0 rings (SSSR count). The maximum Gasteiger partial charge on any atom is -0.0267 e. The van der Waals surface area contributed by atoms with Crippen LogP contribution in [0.15, 0.2) is 37.0 Å². The summed E-state index contributed by atoms with van der Waals surface area (Å²) in [5, 5.41) is 0. The highest BCUT2D eigenvalue weighted by atomic mass is 13.9. The molecule has 0 amide bonds. The van der Waals surface area contributed by atoms with Gasteiger partial charge < -0.3 is 0 Å². The number of hydrogen-bond acceptors (Lipinski definition) is 0. The van der Waals surface area contributed by atoms with Gasteiger partial charge in [0.1, 0.15) is 0 Å². The molecule has 0 aliphatic rings. The molecule has 0 heteroatoms. The predicted molar refractivity (Wildman–Crippen MR) is 116 cm³/mol. The van der Waals surface area contributed by atoms with Crippen LogP contribution in [0.2, 0.25) is 0 Å². The molecule has 1 atom stereocenters. The van der Waals surface area contributed by atoms with E-state index in [-0.39, 0.29) is 29.7 Å². The highest BCUT2D eigenvalue weighted by Crippen LogP contribution is 1.98. The highest BCUT2D eigenvalue weighted by molar-refractivity contribution is 4.78. The molecule has 0 fully saturated rings. The number of allylic oxidation sites excluding steroid dienone is 5. The van der Waals surface area contributed by atoms with Crippen molar-refractivity contribution >= 4 is 0 Å². The summed E-state index contributed by atoms with van der Waals surface area (Å²) in [5.41, 5.74) is 0. The number of hydrogen-bond donors (Lipinski definition) is 0. The Morgan fingerprint density at radius 2 is 0.864 bits per heavy atom.